The highest BCUT2D eigenvalue weighted by Crippen LogP contribution is 2.25. The third-order valence-corrected chi connectivity index (χ3v) is 6.39. The second-order valence-corrected chi connectivity index (χ2v) is 9.12. The summed E-state index contributed by atoms with van der Waals surface area (Å²) in [5, 5.41) is 9.31. The predicted molar refractivity (Wildman–Crippen MR) is 138 cm³/mol. The Hall–Kier alpha value is -3.07. The topological polar surface area (TPSA) is 88.7 Å². The number of urea groups is 1. The molecule has 3 heterocycles. The molecule has 2 aromatic rings. The van der Waals surface area contributed by atoms with E-state index in [1.54, 1.807) is 0 Å². The van der Waals surface area contributed by atoms with E-state index in [9.17, 15) is 4.79 Å². The van der Waals surface area contributed by atoms with Gasteiger partial charge in [-0.15, -0.1) is 0 Å². The molecule has 2 fully saturated rings. The van der Waals surface area contributed by atoms with Crippen molar-refractivity contribution in [2.45, 2.75) is 32.2 Å². The van der Waals surface area contributed by atoms with Gasteiger partial charge in [-0.3, -0.25) is 0 Å². The van der Waals surface area contributed by atoms with Crippen LogP contribution in [0.2, 0.25) is 0 Å². The van der Waals surface area contributed by atoms with Crippen LogP contribution in [0.4, 0.5) is 22.4 Å². The lowest BCUT2D eigenvalue weighted by atomic mass is 10.2. The summed E-state index contributed by atoms with van der Waals surface area (Å²) in [6.07, 6.45) is 4.89. The first-order chi connectivity index (χ1) is 16.7. The Morgan fingerprint density at radius 1 is 0.912 bits per heavy atom. The Kier molecular flexibility index (Phi) is 8.78. The molecular weight excluding hydrogens is 428 g/mol. The molecule has 2 amide bonds. The molecule has 9 heteroatoms. The number of benzene rings is 1. The molecule has 1 aromatic carbocycles. The van der Waals surface area contributed by atoms with E-state index in [1.165, 1.54) is 25.7 Å². The molecule has 0 saturated carbocycles. The van der Waals surface area contributed by atoms with Gasteiger partial charge in [0.05, 0.1) is 0 Å². The summed E-state index contributed by atoms with van der Waals surface area (Å²) in [5.74, 6) is 2.78. The Bertz CT molecular complexity index is 863. The van der Waals surface area contributed by atoms with E-state index in [0.29, 0.717) is 13.1 Å². The van der Waals surface area contributed by atoms with Crippen molar-refractivity contribution >= 4 is 23.6 Å². The largest absolute Gasteiger partial charge is 0.369 e. The van der Waals surface area contributed by atoms with E-state index in [4.69, 9.17) is 9.97 Å². The van der Waals surface area contributed by atoms with Gasteiger partial charge >= 0.3 is 6.03 Å². The molecule has 0 aliphatic carbocycles. The maximum Gasteiger partial charge on any atom is 0.315 e. The normalized spacial score (nSPS) is 15.7. The Morgan fingerprint density at radius 2 is 1.59 bits per heavy atom. The minimum absolute atomic E-state index is 0.139. The van der Waals surface area contributed by atoms with Gasteiger partial charge in [-0.25, -0.2) is 4.79 Å². The Balaban J connectivity index is 1.19. The average Bonchev–Trinajstić information content (AvgIpc) is 3.58. The van der Waals surface area contributed by atoms with Gasteiger partial charge in [0.25, 0.3) is 0 Å². The van der Waals surface area contributed by atoms with Crippen LogP contribution in [0.5, 0.6) is 0 Å². The number of amides is 2. The minimum Gasteiger partial charge on any atom is -0.369 e. The zero-order valence-electron chi connectivity index (χ0n) is 20.3. The molecule has 2 aliphatic heterocycles. The van der Waals surface area contributed by atoms with Crippen molar-refractivity contribution < 1.29 is 4.79 Å². The fourth-order valence-corrected chi connectivity index (χ4v) is 4.37. The Labute approximate surface area is 202 Å². The van der Waals surface area contributed by atoms with E-state index >= 15 is 0 Å². The van der Waals surface area contributed by atoms with Crippen molar-refractivity contribution in [3.63, 3.8) is 0 Å². The Morgan fingerprint density at radius 3 is 2.32 bits per heavy atom. The highest BCUT2D eigenvalue weighted by Gasteiger charge is 2.20. The lowest BCUT2D eigenvalue weighted by molar-refractivity contribution is 0.238. The zero-order valence-corrected chi connectivity index (χ0v) is 20.3. The monoisotopic (exact) mass is 466 g/mol. The van der Waals surface area contributed by atoms with Gasteiger partial charge in [0, 0.05) is 65.0 Å². The van der Waals surface area contributed by atoms with Crippen LogP contribution >= 0.6 is 0 Å². The number of carbonyl (C=O) groups excluding carboxylic acids is 1. The van der Waals surface area contributed by atoms with E-state index in [-0.39, 0.29) is 6.03 Å². The highest BCUT2D eigenvalue weighted by molar-refractivity contribution is 5.73. The van der Waals surface area contributed by atoms with Crippen LogP contribution in [0.15, 0.2) is 36.4 Å². The van der Waals surface area contributed by atoms with Crippen LogP contribution in [0, 0.1) is 0 Å². The lowest BCUT2D eigenvalue weighted by Gasteiger charge is -2.22. The molecule has 1 aromatic heterocycles. The molecule has 9 nitrogen and oxygen atoms in total. The molecule has 0 atom stereocenters. The molecule has 184 valence electrons. The number of rotatable bonds is 11. The van der Waals surface area contributed by atoms with Gasteiger partial charge in [0.1, 0.15) is 11.6 Å². The van der Waals surface area contributed by atoms with Gasteiger partial charge in [0.15, 0.2) is 0 Å². The second kappa shape index (κ2) is 12.4. The maximum atomic E-state index is 12.0. The van der Waals surface area contributed by atoms with Crippen molar-refractivity contribution in [1.29, 1.82) is 0 Å². The maximum absolute atomic E-state index is 12.0. The summed E-state index contributed by atoms with van der Waals surface area (Å²) >= 11 is 0. The van der Waals surface area contributed by atoms with Gasteiger partial charge in [0.2, 0.25) is 5.95 Å². The second-order valence-electron chi connectivity index (χ2n) is 9.12. The summed E-state index contributed by atoms with van der Waals surface area (Å²) < 4.78 is 0. The van der Waals surface area contributed by atoms with Crippen LogP contribution in [-0.2, 0) is 6.54 Å². The average molecular weight is 467 g/mol. The molecule has 34 heavy (non-hydrogen) atoms. The minimum atomic E-state index is -0.139. The summed E-state index contributed by atoms with van der Waals surface area (Å²) in [6, 6.07) is 11.9. The number of nitrogens with one attached hydrogen (secondary N) is 3. The van der Waals surface area contributed by atoms with Crippen molar-refractivity contribution in [2.24, 2.45) is 0 Å². The molecule has 3 N–H and O–H groups in total. The van der Waals surface area contributed by atoms with E-state index in [0.717, 1.165) is 69.0 Å². The first-order valence-corrected chi connectivity index (χ1v) is 12.5. The standard InChI is InChI=1S/C25H38N8O/c1-31(18-12-27-25(34)28-20-21-9-3-2-4-10-21)17-11-26-22-19-23(32-13-5-6-14-32)30-24(29-22)33-15-7-8-16-33/h2-4,9-10,19H,5-8,11-18,20H2,1H3,(H,26,29,30)(H2,27,28,34). The van der Waals surface area contributed by atoms with Crippen LogP contribution in [0.3, 0.4) is 0 Å². The van der Waals surface area contributed by atoms with Crippen molar-refractivity contribution in [1.82, 2.24) is 25.5 Å². The van der Waals surface area contributed by atoms with Gasteiger partial charge in [-0.1, -0.05) is 30.3 Å². The number of aromatic nitrogens is 2. The number of hydrogen-bond donors (Lipinski definition) is 3. The SMILES string of the molecule is CN(CCNC(=O)NCc1ccccc1)CCNc1cc(N2CCCC2)nc(N2CCCC2)n1. The van der Waals surface area contributed by atoms with Crippen LogP contribution in [-0.4, -0.2) is 80.3 Å². The molecule has 0 unspecified atom stereocenters. The zero-order chi connectivity index (χ0) is 23.6. The molecule has 0 bridgehead atoms. The number of hydrogen-bond acceptors (Lipinski definition) is 7. The number of likely N-dealkylation sites (N-methyl/N-ethyl adjacent to an activating group) is 1. The fraction of sp³-hybridized carbons (Fsp3) is 0.560. The third-order valence-electron chi connectivity index (χ3n) is 6.39. The lowest BCUT2D eigenvalue weighted by Crippen LogP contribution is -2.40. The van der Waals surface area contributed by atoms with Crippen molar-refractivity contribution in [2.75, 3.05) is 74.5 Å². The van der Waals surface area contributed by atoms with E-state index < -0.39 is 0 Å². The summed E-state index contributed by atoms with van der Waals surface area (Å²) in [5.41, 5.74) is 1.09. The third kappa shape index (κ3) is 7.21. The molecule has 4 rings (SSSR count). The number of anilines is 3. The van der Waals surface area contributed by atoms with Gasteiger partial charge in [-0.2, -0.15) is 9.97 Å². The van der Waals surface area contributed by atoms with Crippen molar-refractivity contribution in [3.8, 4) is 0 Å². The summed E-state index contributed by atoms with van der Waals surface area (Å²) in [4.78, 5) is 28.6. The highest BCUT2D eigenvalue weighted by atomic mass is 16.2. The molecular formula is C25H38N8O. The van der Waals surface area contributed by atoms with Crippen LogP contribution < -0.4 is 25.8 Å². The molecule has 2 saturated heterocycles. The summed E-state index contributed by atoms with van der Waals surface area (Å²) in [6.45, 7) is 7.78. The fourth-order valence-electron chi connectivity index (χ4n) is 4.37. The molecule has 0 radical (unpaired) electrons. The smallest absolute Gasteiger partial charge is 0.315 e. The number of nitrogens with zero attached hydrogens (tertiary/aromatic N) is 5. The molecule has 0 spiro atoms. The summed E-state index contributed by atoms with van der Waals surface area (Å²) in [7, 11) is 2.07. The van der Waals surface area contributed by atoms with Crippen molar-refractivity contribution in [3.05, 3.63) is 42.0 Å². The van der Waals surface area contributed by atoms with E-state index in [2.05, 4.69) is 43.8 Å². The first kappa shape index (κ1) is 24.1. The van der Waals surface area contributed by atoms with E-state index in [1.807, 2.05) is 30.3 Å². The first-order valence-electron chi connectivity index (χ1n) is 12.5. The predicted octanol–water partition coefficient (Wildman–Crippen LogP) is 2.52. The van der Waals surface area contributed by atoms with Crippen LogP contribution in [0.1, 0.15) is 31.2 Å². The van der Waals surface area contributed by atoms with Crippen LogP contribution in [0.25, 0.3) is 0 Å². The quantitative estimate of drug-likeness (QED) is 0.469. The molecule has 2 aliphatic rings. The van der Waals surface area contributed by atoms with Gasteiger partial charge in [-0.05, 0) is 38.3 Å². The van der Waals surface area contributed by atoms with Gasteiger partial charge < -0.3 is 30.7 Å². The number of carbonyl (C=O) groups is 1.